The third-order valence-electron chi connectivity index (χ3n) is 3.46. The van der Waals surface area contributed by atoms with E-state index < -0.39 is 5.91 Å². The molecule has 0 saturated heterocycles. The van der Waals surface area contributed by atoms with E-state index in [1.165, 1.54) is 0 Å². The molecule has 0 radical (unpaired) electrons. The summed E-state index contributed by atoms with van der Waals surface area (Å²) in [5, 5.41) is 13.2. The van der Waals surface area contributed by atoms with Gasteiger partial charge in [0.15, 0.2) is 11.5 Å². The van der Waals surface area contributed by atoms with Gasteiger partial charge in [-0.3, -0.25) is 4.79 Å². The number of anilines is 1. The number of ether oxygens (including phenoxy) is 2. The van der Waals surface area contributed by atoms with E-state index in [0.717, 1.165) is 11.3 Å². The summed E-state index contributed by atoms with van der Waals surface area (Å²) in [6.45, 7) is 2.89. The topological polar surface area (TPSA) is 98.5 Å². The minimum atomic E-state index is -0.415. The molecule has 8 heteroatoms. The van der Waals surface area contributed by atoms with Crippen molar-refractivity contribution in [1.29, 1.82) is 0 Å². The lowest BCUT2D eigenvalue weighted by molar-refractivity contribution is 0.0880. The predicted octanol–water partition coefficient (Wildman–Crippen LogP) is 1.24. The second-order valence-electron chi connectivity index (χ2n) is 5.08. The van der Waals surface area contributed by atoms with Crippen LogP contribution in [0, 0.1) is 0 Å². The second-order valence-corrected chi connectivity index (χ2v) is 5.08. The van der Waals surface area contributed by atoms with Crippen molar-refractivity contribution >= 4 is 11.9 Å². The van der Waals surface area contributed by atoms with Gasteiger partial charge in [0.2, 0.25) is 0 Å². The Hall–Kier alpha value is -2.77. The van der Waals surface area contributed by atoms with Gasteiger partial charge in [-0.1, -0.05) is 17.2 Å². The first kappa shape index (κ1) is 15.1. The first-order valence-electron chi connectivity index (χ1n) is 7.38. The number of para-hydroxylation sites is 1. The highest BCUT2D eigenvalue weighted by Gasteiger charge is 2.26. The van der Waals surface area contributed by atoms with Crippen molar-refractivity contribution < 1.29 is 18.7 Å². The van der Waals surface area contributed by atoms with Gasteiger partial charge >= 0.3 is 17.8 Å². The van der Waals surface area contributed by atoms with Gasteiger partial charge < -0.3 is 24.5 Å². The number of benzene rings is 1. The largest absolute Gasteiger partial charge is 0.493 e. The molecule has 1 aromatic carbocycles. The predicted molar refractivity (Wildman–Crippen MR) is 81.9 cm³/mol. The summed E-state index contributed by atoms with van der Waals surface area (Å²) in [5.41, 5.74) is 0.986. The van der Waals surface area contributed by atoms with Crippen LogP contribution in [0.4, 0.5) is 6.01 Å². The fourth-order valence-electron chi connectivity index (χ4n) is 2.43. The first-order valence-corrected chi connectivity index (χ1v) is 7.38. The number of carbonyl (C=O) groups is 1. The van der Waals surface area contributed by atoms with Crippen LogP contribution in [-0.2, 0) is 6.42 Å². The Morgan fingerprint density at radius 1 is 1.43 bits per heavy atom. The van der Waals surface area contributed by atoms with E-state index in [0.29, 0.717) is 25.3 Å². The average Bonchev–Trinajstić information content (AvgIpc) is 3.03. The zero-order valence-electron chi connectivity index (χ0n) is 13.0. The molecule has 0 bridgehead atoms. The van der Waals surface area contributed by atoms with Crippen LogP contribution < -0.4 is 20.1 Å². The summed E-state index contributed by atoms with van der Waals surface area (Å²) in [6.07, 6.45) is 0.645. The van der Waals surface area contributed by atoms with Crippen molar-refractivity contribution in [2.24, 2.45) is 0 Å². The summed E-state index contributed by atoms with van der Waals surface area (Å²) < 4.78 is 16.2. The Labute approximate surface area is 133 Å². The molecule has 0 aliphatic carbocycles. The summed E-state index contributed by atoms with van der Waals surface area (Å²) in [7, 11) is 1.60. The van der Waals surface area contributed by atoms with Gasteiger partial charge in [-0.25, -0.2) is 0 Å². The summed E-state index contributed by atoms with van der Waals surface area (Å²) in [6, 6.07) is 5.75. The van der Waals surface area contributed by atoms with Crippen molar-refractivity contribution in [3.8, 4) is 11.5 Å². The molecule has 0 spiro atoms. The molecule has 8 nitrogen and oxygen atoms in total. The molecule has 1 atom stereocenters. The highest BCUT2D eigenvalue weighted by atomic mass is 16.5. The van der Waals surface area contributed by atoms with E-state index in [9.17, 15) is 4.79 Å². The van der Waals surface area contributed by atoms with Crippen molar-refractivity contribution in [3.05, 3.63) is 29.7 Å². The zero-order valence-corrected chi connectivity index (χ0v) is 13.0. The van der Waals surface area contributed by atoms with E-state index in [1.54, 1.807) is 7.11 Å². The van der Waals surface area contributed by atoms with Gasteiger partial charge in [-0.15, -0.1) is 5.10 Å². The summed E-state index contributed by atoms with van der Waals surface area (Å²) >= 11 is 0. The minimum Gasteiger partial charge on any atom is -0.493 e. The van der Waals surface area contributed by atoms with Gasteiger partial charge in [0.1, 0.15) is 6.61 Å². The van der Waals surface area contributed by atoms with Gasteiger partial charge in [-0.05, 0) is 19.4 Å². The number of hydrogen-bond acceptors (Lipinski definition) is 7. The molecule has 0 saturated carbocycles. The SMILES string of the molecule is CCNc1nnc(C(=O)NC2COc3c(cccc3OC)C2)o1. The maximum Gasteiger partial charge on any atom is 0.315 e. The molecule has 0 fully saturated rings. The molecule has 23 heavy (non-hydrogen) atoms. The quantitative estimate of drug-likeness (QED) is 0.856. The van der Waals surface area contributed by atoms with Crippen LogP contribution in [0.2, 0.25) is 0 Å². The standard InChI is InChI=1S/C15H18N4O4/c1-3-16-15-19-18-14(23-15)13(20)17-10-7-9-5-4-6-11(21-2)12(9)22-8-10/h4-6,10H,3,7-8H2,1-2H3,(H,16,19)(H,17,20). The Kier molecular flexibility index (Phi) is 4.31. The molecule has 1 aliphatic heterocycles. The van der Waals surface area contributed by atoms with Crippen molar-refractivity contribution in [1.82, 2.24) is 15.5 Å². The minimum absolute atomic E-state index is 0.0719. The van der Waals surface area contributed by atoms with E-state index in [2.05, 4.69) is 20.8 Å². The zero-order chi connectivity index (χ0) is 16.2. The number of rotatable bonds is 5. The van der Waals surface area contributed by atoms with Crippen LogP contribution in [0.1, 0.15) is 23.2 Å². The number of nitrogens with one attached hydrogen (secondary N) is 2. The molecular formula is C15H18N4O4. The Morgan fingerprint density at radius 2 is 2.30 bits per heavy atom. The number of amides is 1. The van der Waals surface area contributed by atoms with Gasteiger partial charge in [0.05, 0.1) is 13.2 Å². The van der Waals surface area contributed by atoms with Crippen LogP contribution in [0.15, 0.2) is 22.6 Å². The molecule has 1 unspecified atom stereocenters. The number of carbonyl (C=O) groups excluding carboxylic acids is 1. The van der Waals surface area contributed by atoms with E-state index >= 15 is 0 Å². The van der Waals surface area contributed by atoms with Gasteiger partial charge in [-0.2, -0.15) is 0 Å². The molecule has 1 aromatic heterocycles. The first-order chi connectivity index (χ1) is 11.2. The number of fused-ring (bicyclic) bond motifs is 1. The maximum atomic E-state index is 12.2. The summed E-state index contributed by atoms with van der Waals surface area (Å²) in [4.78, 5) is 12.2. The lowest BCUT2D eigenvalue weighted by Gasteiger charge is -2.26. The van der Waals surface area contributed by atoms with Crippen LogP contribution >= 0.6 is 0 Å². The van der Waals surface area contributed by atoms with Crippen molar-refractivity contribution in [2.75, 3.05) is 25.6 Å². The summed E-state index contributed by atoms with van der Waals surface area (Å²) in [5.74, 6) is 0.936. The van der Waals surface area contributed by atoms with Gasteiger partial charge in [0.25, 0.3) is 0 Å². The molecule has 1 aliphatic rings. The fourth-order valence-corrected chi connectivity index (χ4v) is 2.43. The number of nitrogens with zero attached hydrogens (tertiary/aromatic N) is 2. The van der Waals surface area contributed by atoms with Crippen LogP contribution in [-0.4, -0.2) is 42.4 Å². The number of methoxy groups -OCH3 is 1. The monoisotopic (exact) mass is 318 g/mol. The third kappa shape index (κ3) is 3.20. The van der Waals surface area contributed by atoms with Crippen LogP contribution in [0.5, 0.6) is 11.5 Å². The molecule has 122 valence electrons. The van der Waals surface area contributed by atoms with E-state index in [4.69, 9.17) is 13.9 Å². The number of hydrogen-bond donors (Lipinski definition) is 2. The van der Waals surface area contributed by atoms with Crippen LogP contribution in [0.3, 0.4) is 0 Å². The molecular weight excluding hydrogens is 300 g/mol. The normalized spacial score (nSPS) is 16.2. The average molecular weight is 318 g/mol. The Bertz CT molecular complexity index is 701. The smallest absolute Gasteiger partial charge is 0.315 e. The molecule has 2 aromatic rings. The van der Waals surface area contributed by atoms with E-state index in [-0.39, 0.29) is 17.9 Å². The maximum absolute atomic E-state index is 12.2. The molecule has 3 rings (SSSR count). The third-order valence-corrected chi connectivity index (χ3v) is 3.46. The highest BCUT2D eigenvalue weighted by molar-refractivity contribution is 5.89. The molecule has 2 heterocycles. The highest BCUT2D eigenvalue weighted by Crippen LogP contribution is 2.34. The Morgan fingerprint density at radius 3 is 3.09 bits per heavy atom. The second kappa shape index (κ2) is 6.55. The fraction of sp³-hybridized carbons (Fsp3) is 0.400. The number of aromatic nitrogens is 2. The van der Waals surface area contributed by atoms with E-state index in [1.807, 2.05) is 25.1 Å². The molecule has 2 N–H and O–H groups in total. The van der Waals surface area contributed by atoms with Crippen LogP contribution in [0.25, 0.3) is 0 Å². The van der Waals surface area contributed by atoms with Crippen molar-refractivity contribution in [2.45, 2.75) is 19.4 Å². The molecule has 1 amide bonds. The van der Waals surface area contributed by atoms with Gasteiger partial charge in [0, 0.05) is 12.1 Å². The lowest BCUT2D eigenvalue weighted by atomic mass is 10.0. The van der Waals surface area contributed by atoms with Crippen molar-refractivity contribution in [3.63, 3.8) is 0 Å². The lowest BCUT2D eigenvalue weighted by Crippen LogP contribution is -2.42. The Balaban J connectivity index is 1.66.